The highest BCUT2D eigenvalue weighted by molar-refractivity contribution is 9.10. The van der Waals surface area contributed by atoms with Gasteiger partial charge in [-0.15, -0.1) is 0 Å². The number of benzene rings is 3. The molecule has 0 unspecified atom stereocenters. The fourth-order valence-electron chi connectivity index (χ4n) is 2.58. The topological polar surface area (TPSA) is 76.7 Å². The lowest BCUT2D eigenvalue weighted by molar-refractivity contribution is -0.118. The number of rotatable bonds is 7. The van der Waals surface area contributed by atoms with Gasteiger partial charge in [-0.1, -0.05) is 28.1 Å². The summed E-state index contributed by atoms with van der Waals surface area (Å²) in [6.45, 7) is -0.353. The second-order valence-electron chi connectivity index (χ2n) is 6.14. The zero-order valence-electron chi connectivity index (χ0n) is 15.9. The highest BCUT2D eigenvalue weighted by Crippen LogP contribution is 2.24. The van der Waals surface area contributed by atoms with E-state index in [4.69, 9.17) is 9.47 Å². The van der Waals surface area contributed by atoms with Crippen LogP contribution in [0, 0.1) is 5.82 Å². The summed E-state index contributed by atoms with van der Waals surface area (Å²) in [6.07, 6.45) is 0. The molecule has 0 saturated carbocycles. The summed E-state index contributed by atoms with van der Waals surface area (Å²) in [4.78, 5) is 24.5. The fourth-order valence-corrected chi connectivity index (χ4v) is 2.91. The lowest BCUT2D eigenvalue weighted by Gasteiger charge is -2.11. The summed E-state index contributed by atoms with van der Waals surface area (Å²) >= 11 is 3.15. The van der Waals surface area contributed by atoms with Gasteiger partial charge >= 0.3 is 0 Å². The fraction of sp³-hybridized carbons (Fsp3) is 0.0909. The van der Waals surface area contributed by atoms with Gasteiger partial charge in [0.05, 0.1) is 12.8 Å². The van der Waals surface area contributed by atoms with E-state index in [-0.39, 0.29) is 18.3 Å². The van der Waals surface area contributed by atoms with E-state index in [0.717, 1.165) is 0 Å². The van der Waals surface area contributed by atoms with Crippen LogP contribution >= 0.6 is 15.9 Å². The van der Waals surface area contributed by atoms with Crippen molar-refractivity contribution >= 4 is 39.1 Å². The SMILES string of the molecule is COc1ccccc1NC(=O)c1ccc(NC(=O)COc2ccc(Br)cc2F)cc1. The van der Waals surface area contributed by atoms with Crippen molar-refractivity contribution in [2.24, 2.45) is 0 Å². The minimum Gasteiger partial charge on any atom is -0.495 e. The van der Waals surface area contributed by atoms with Gasteiger partial charge in [0.15, 0.2) is 18.2 Å². The van der Waals surface area contributed by atoms with Crippen molar-refractivity contribution in [2.45, 2.75) is 0 Å². The Balaban J connectivity index is 1.56. The van der Waals surface area contributed by atoms with Crippen LogP contribution in [0.25, 0.3) is 0 Å². The Kier molecular flexibility index (Phi) is 7.03. The number of para-hydroxylation sites is 2. The molecule has 0 bridgehead atoms. The number of methoxy groups -OCH3 is 1. The summed E-state index contributed by atoms with van der Waals surface area (Å²) in [5, 5.41) is 5.41. The number of ether oxygens (including phenoxy) is 2. The average Bonchev–Trinajstić information content (AvgIpc) is 2.74. The van der Waals surface area contributed by atoms with Gasteiger partial charge in [-0.3, -0.25) is 9.59 Å². The van der Waals surface area contributed by atoms with Gasteiger partial charge < -0.3 is 20.1 Å². The van der Waals surface area contributed by atoms with Crippen LogP contribution in [0.2, 0.25) is 0 Å². The van der Waals surface area contributed by atoms with E-state index in [9.17, 15) is 14.0 Å². The lowest BCUT2D eigenvalue weighted by atomic mass is 10.2. The Hall–Kier alpha value is -3.39. The molecule has 3 rings (SSSR count). The van der Waals surface area contributed by atoms with E-state index in [1.54, 1.807) is 54.6 Å². The largest absolute Gasteiger partial charge is 0.495 e. The van der Waals surface area contributed by atoms with Crippen molar-refractivity contribution in [2.75, 3.05) is 24.4 Å². The first-order chi connectivity index (χ1) is 14.5. The molecule has 0 aliphatic rings. The molecule has 2 amide bonds. The van der Waals surface area contributed by atoms with E-state index in [1.165, 1.54) is 19.2 Å². The molecular weight excluding hydrogens is 455 g/mol. The summed E-state index contributed by atoms with van der Waals surface area (Å²) < 4.78 is 24.7. The van der Waals surface area contributed by atoms with E-state index in [2.05, 4.69) is 26.6 Å². The molecule has 2 N–H and O–H groups in total. The quantitative estimate of drug-likeness (QED) is 0.514. The first-order valence-electron chi connectivity index (χ1n) is 8.88. The smallest absolute Gasteiger partial charge is 0.262 e. The van der Waals surface area contributed by atoms with Crippen molar-refractivity contribution in [3.8, 4) is 11.5 Å². The molecule has 154 valence electrons. The zero-order valence-corrected chi connectivity index (χ0v) is 17.5. The summed E-state index contributed by atoms with van der Waals surface area (Å²) in [6, 6.07) is 17.7. The molecule has 0 radical (unpaired) electrons. The molecule has 0 heterocycles. The van der Waals surface area contributed by atoms with E-state index in [1.807, 2.05) is 0 Å². The number of hydrogen-bond acceptors (Lipinski definition) is 4. The van der Waals surface area contributed by atoms with Crippen molar-refractivity contribution in [1.82, 2.24) is 0 Å². The molecule has 8 heteroatoms. The average molecular weight is 473 g/mol. The number of carbonyl (C=O) groups excluding carboxylic acids is 2. The van der Waals surface area contributed by atoms with Crippen LogP contribution in [0.1, 0.15) is 10.4 Å². The van der Waals surface area contributed by atoms with Crippen LogP contribution < -0.4 is 20.1 Å². The van der Waals surface area contributed by atoms with Crippen molar-refractivity contribution in [1.29, 1.82) is 0 Å². The highest BCUT2D eigenvalue weighted by Gasteiger charge is 2.11. The molecule has 30 heavy (non-hydrogen) atoms. The summed E-state index contributed by atoms with van der Waals surface area (Å²) in [5.41, 5.74) is 1.44. The Morgan fingerprint density at radius 1 is 0.967 bits per heavy atom. The first kappa shape index (κ1) is 21.3. The van der Waals surface area contributed by atoms with Crippen molar-refractivity contribution in [3.63, 3.8) is 0 Å². The molecule has 0 spiro atoms. The highest BCUT2D eigenvalue weighted by atomic mass is 79.9. The maximum Gasteiger partial charge on any atom is 0.262 e. The Morgan fingerprint density at radius 3 is 2.40 bits per heavy atom. The normalized spacial score (nSPS) is 10.2. The van der Waals surface area contributed by atoms with Gasteiger partial charge in [0, 0.05) is 15.7 Å². The van der Waals surface area contributed by atoms with Gasteiger partial charge in [-0.2, -0.15) is 0 Å². The van der Waals surface area contributed by atoms with Gasteiger partial charge in [-0.25, -0.2) is 4.39 Å². The standard InChI is InChI=1S/C22H18BrFN2O4/c1-29-20-5-3-2-4-18(20)26-22(28)14-6-9-16(10-7-14)25-21(27)13-30-19-11-8-15(23)12-17(19)24/h2-12H,13H2,1H3,(H,25,27)(H,26,28). The van der Waals surface area contributed by atoms with Gasteiger partial charge in [0.2, 0.25) is 0 Å². The molecule has 3 aromatic rings. The van der Waals surface area contributed by atoms with E-state index < -0.39 is 11.7 Å². The van der Waals surface area contributed by atoms with E-state index in [0.29, 0.717) is 27.2 Å². The minimum absolute atomic E-state index is 0.0169. The van der Waals surface area contributed by atoms with Crippen LogP contribution in [0.15, 0.2) is 71.2 Å². The second kappa shape index (κ2) is 9.89. The zero-order chi connectivity index (χ0) is 21.5. The predicted molar refractivity (Wildman–Crippen MR) is 116 cm³/mol. The predicted octanol–water partition coefficient (Wildman–Crippen LogP) is 4.87. The third-order valence-electron chi connectivity index (χ3n) is 4.04. The van der Waals surface area contributed by atoms with Crippen molar-refractivity contribution in [3.05, 3.63) is 82.6 Å². The van der Waals surface area contributed by atoms with Crippen LogP contribution in [0.5, 0.6) is 11.5 Å². The molecular formula is C22H18BrFN2O4. The molecule has 6 nitrogen and oxygen atoms in total. The van der Waals surface area contributed by atoms with Crippen molar-refractivity contribution < 1.29 is 23.5 Å². The number of amides is 2. The molecule has 0 saturated heterocycles. The molecule has 0 atom stereocenters. The first-order valence-corrected chi connectivity index (χ1v) is 9.67. The monoisotopic (exact) mass is 472 g/mol. The number of halogens is 2. The van der Waals surface area contributed by atoms with Gasteiger partial charge in [-0.05, 0) is 54.6 Å². The molecule has 0 fully saturated rings. The Morgan fingerprint density at radius 2 is 1.70 bits per heavy atom. The van der Waals surface area contributed by atoms with Gasteiger partial charge in [0.25, 0.3) is 11.8 Å². The number of nitrogens with one attached hydrogen (secondary N) is 2. The summed E-state index contributed by atoms with van der Waals surface area (Å²) in [5.74, 6) is -0.800. The Labute approximate surface area is 181 Å². The number of anilines is 2. The van der Waals surface area contributed by atoms with E-state index >= 15 is 0 Å². The maximum atomic E-state index is 13.7. The van der Waals surface area contributed by atoms with Crippen LogP contribution in [-0.4, -0.2) is 25.5 Å². The minimum atomic E-state index is -0.567. The number of hydrogen-bond donors (Lipinski definition) is 2. The molecule has 0 aliphatic carbocycles. The van der Waals surface area contributed by atoms with Crippen LogP contribution in [0.4, 0.5) is 15.8 Å². The lowest BCUT2D eigenvalue weighted by Crippen LogP contribution is -2.20. The third-order valence-corrected chi connectivity index (χ3v) is 4.53. The molecule has 3 aromatic carbocycles. The second-order valence-corrected chi connectivity index (χ2v) is 7.06. The third kappa shape index (κ3) is 5.57. The van der Waals surface area contributed by atoms with Crippen LogP contribution in [0.3, 0.4) is 0 Å². The maximum absolute atomic E-state index is 13.7. The number of carbonyl (C=O) groups is 2. The van der Waals surface area contributed by atoms with Crippen LogP contribution in [-0.2, 0) is 4.79 Å². The molecule has 0 aliphatic heterocycles. The van der Waals surface area contributed by atoms with Gasteiger partial charge in [0.1, 0.15) is 5.75 Å². The molecule has 0 aromatic heterocycles. The Bertz CT molecular complexity index is 1060. The summed E-state index contributed by atoms with van der Waals surface area (Å²) in [7, 11) is 1.53.